The minimum Gasteiger partial charge on any atom is -0.381 e. The molecule has 6 heteroatoms. The van der Waals surface area contributed by atoms with Crippen LogP contribution in [0.4, 0.5) is 0 Å². The molecule has 22 heavy (non-hydrogen) atoms. The van der Waals surface area contributed by atoms with Crippen molar-refractivity contribution in [2.24, 2.45) is 13.0 Å². The lowest BCUT2D eigenvalue weighted by atomic mass is 9.99. The van der Waals surface area contributed by atoms with E-state index in [2.05, 4.69) is 29.6 Å². The van der Waals surface area contributed by atoms with Gasteiger partial charge in [0.15, 0.2) is 0 Å². The van der Waals surface area contributed by atoms with Crippen LogP contribution in [-0.4, -0.2) is 41.0 Å². The largest absolute Gasteiger partial charge is 0.381 e. The Labute approximate surface area is 132 Å². The van der Waals surface area contributed by atoms with Gasteiger partial charge in [0.05, 0.1) is 18.3 Å². The summed E-state index contributed by atoms with van der Waals surface area (Å²) in [5.74, 6) is 0.293. The molecule has 2 N–H and O–H groups in total. The smallest absolute Gasteiger partial charge is 0.237 e. The summed E-state index contributed by atoms with van der Waals surface area (Å²) in [6.45, 7) is 7.68. The van der Waals surface area contributed by atoms with Crippen LogP contribution in [0.2, 0.25) is 0 Å². The maximum atomic E-state index is 12.6. The molecule has 2 atom stereocenters. The lowest BCUT2D eigenvalue weighted by Gasteiger charge is -2.30. The number of aromatic nitrogens is 2. The van der Waals surface area contributed by atoms with Gasteiger partial charge in [-0.2, -0.15) is 5.10 Å². The Bertz CT molecular complexity index is 480. The lowest BCUT2D eigenvalue weighted by Crippen LogP contribution is -2.52. The van der Waals surface area contributed by atoms with E-state index < -0.39 is 0 Å². The third-order valence-electron chi connectivity index (χ3n) is 4.17. The van der Waals surface area contributed by atoms with Gasteiger partial charge in [-0.1, -0.05) is 13.8 Å². The van der Waals surface area contributed by atoms with Crippen LogP contribution in [0.15, 0.2) is 12.4 Å². The van der Waals surface area contributed by atoms with Gasteiger partial charge in [0.25, 0.3) is 0 Å². The van der Waals surface area contributed by atoms with E-state index in [0.29, 0.717) is 6.04 Å². The summed E-state index contributed by atoms with van der Waals surface area (Å²) in [5.41, 5.74) is 1.02. The molecule has 6 nitrogen and oxygen atoms in total. The van der Waals surface area contributed by atoms with Crippen LogP contribution in [0.25, 0.3) is 0 Å². The zero-order chi connectivity index (χ0) is 16.1. The highest BCUT2D eigenvalue weighted by Gasteiger charge is 2.27. The molecule has 1 saturated heterocycles. The average Bonchev–Trinajstić information content (AvgIpc) is 2.92. The van der Waals surface area contributed by atoms with E-state index in [1.165, 1.54) is 0 Å². The molecule has 124 valence electrons. The van der Waals surface area contributed by atoms with Crippen molar-refractivity contribution < 1.29 is 9.53 Å². The Morgan fingerprint density at radius 2 is 2.05 bits per heavy atom. The number of aryl methyl sites for hydroxylation is 1. The van der Waals surface area contributed by atoms with Crippen LogP contribution >= 0.6 is 0 Å². The van der Waals surface area contributed by atoms with Gasteiger partial charge < -0.3 is 15.4 Å². The maximum absolute atomic E-state index is 12.6. The summed E-state index contributed by atoms with van der Waals surface area (Å²) in [6.07, 6.45) is 5.66. The van der Waals surface area contributed by atoms with E-state index >= 15 is 0 Å². The van der Waals surface area contributed by atoms with Crippen LogP contribution in [-0.2, 0) is 16.6 Å². The predicted molar refractivity (Wildman–Crippen MR) is 85.4 cm³/mol. The molecule has 1 fully saturated rings. The summed E-state index contributed by atoms with van der Waals surface area (Å²) >= 11 is 0. The summed E-state index contributed by atoms with van der Waals surface area (Å²) < 4.78 is 7.13. The number of ether oxygens (including phenoxy) is 1. The Kier molecular flexibility index (Phi) is 5.97. The maximum Gasteiger partial charge on any atom is 0.237 e. The van der Waals surface area contributed by atoms with E-state index in [0.717, 1.165) is 31.6 Å². The fraction of sp³-hybridized carbons (Fsp3) is 0.750. The number of nitrogens with zero attached hydrogens (tertiary/aromatic N) is 2. The molecule has 0 spiro atoms. The zero-order valence-electron chi connectivity index (χ0n) is 14.0. The molecule has 2 heterocycles. The van der Waals surface area contributed by atoms with Crippen LogP contribution < -0.4 is 10.6 Å². The molecule has 0 unspecified atom stereocenters. The van der Waals surface area contributed by atoms with Crippen LogP contribution in [0.5, 0.6) is 0 Å². The molecule has 0 saturated carbocycles. The van der Waals surface area contributed by atoms with Gasteiger partial charge in [-0.25, -0.2) is 0 Å². The highest BCUT2D eigenvalue weighted by atomic mass is 16.5. The third kappa shape index (κ3) is 4.55. The van der Waals surface area contributed by atoms with Crippen molar-refractivity contribution in [2.45, 2.75) is 51.7 Å². The van der Waals surface area contributed by atoms with Crippen LogP contribution in [0.1, 0.15) is 45.2 Å². The minimum atomic E-state index is -0.178. The standard InChI is InChI=1S/C16H28N4O2/c1-11(2)15(19-14-5-7-22-8-6-14)16(21)18-12(3)13-9-17-20(4)10-13/h9-12,14-15,19H,5-8H2,1-4H3,(H,18,21)/t12-,15-/m1/s1. The Balaban J connectivity index is 1.93. The van der Waals surface area contributed by atoms with E-state index in [4.69, 9.17) is 4.74 Å². The molecule has 1 aliphatic rings. The number of hydrogen-bond acceptors (Lipinski definition) is 4. The van der Waals surface area contributed by atoms with Crippen molar-refractivity contribution in [3.05, 3.63) is 18.0 Å². The van der Waals surface area contributed by atoms with Crippen LogP contribution in [0.3, 0.4) is 0 Å². The second-order valence-corrected chi connectivity index (χ2v) is 6.45. The molecule has 0 bridgehead atoms. The van der Waals surface area contributed by atoms with Gasteiger partial charge in [-0.3, -0.25) is 9.48 Å². The fourth-order valence-corrected chi connectivity index (χ4v) is 2.74. The average molecular weight is 308 g/mol. The number of hydrogen-bond donors (Lipinski definition) is 2. The number of amides is 1. The SMILES string of the molecule is CC(C)[C@@H](NC1CCOCC1)C(=O)N[C@H](C)c1cnn(C)c1. The Hall–Kier alpha value is -1.40. The minimum absolute atomic E-state index is 0.0426. The van der Waals surface area contributed by atoms with Crippen molar-refractivity contribution in [1.29, 1.82) is 0 Å². The van der Waals surface area contributed by atoms with E-state index in [1.807, 2.05) is 20.2 Å². The second-order valence-electron chi connectivity index (χ2n) is 6.45. The number of rotatable bonds is 6. The van der Waals surface area contributed by atoms with Gasteiger partial charge >= 0.3 is 0 Å². The predicted octanol–water partition coefficient (Wildman–Crippen LogP) is 1.39. The Morgan fingerprint density at radius 3 is 2.59 bits per heavy atom. The number of carbonyl (C=O) groups is 1. The summed E-state index contributed by atoms with van der Waals surface area (Å²) in [5, 5.41) is 10.8. The first-order valence-corrected chi connectivity index (χ1v) is 8.10. The van der Waals surface area contributed by atoms with Crippen molar-refractivity contribution in [3.8, 4) is 0 Å². The van der Waals surface area contributed by atoms with Gasteiger partial charge in [0.1, 0.15) is 0 Å². The van der Waals surface area contributed by atoms with Gasteiger partial charge in [-0.15, -0.1) is 0 Å². The Morgan fingerprint density at radius 1 is 1.36 bits per heavy atom. The molecular weight excluding hydrogens is 280 g/mol. The van der Waals surface area contributed by atoms with Gasteiger partial charge in [-0.05, 0) is 25.7 Å². The van der Waals surface area contributed by atoms with E-state index in [9.17, 15) is 4.79 Å². The number of nitrogens with one attached hydrogen (secondary N) is 2. The normalized spacial score (nSPS) is 19.1. The fourth-order valence-electron chi connectivity index (χ4n) is 2.74. The summed E-state index contributed by atoms with van der Waals surface area (Å²) in [4.78, 5) is 12.6. The molecule has 1 amide bonds. The quantitative estimate of drug-likeness (QED) is 0.833. The first kappa shape index (κ1) is 17.0. The van der Waals surface area contributed by atoms with Crippen LogP contribution in [0, 0.1) is 5.92 Å². The molecular formula is C16H28N4O2. The van der Waals surface area contributed by atoms with Crippen molar-refractivity contribution >= 4 is 5.91 Å². The first-order chi connectivity index (χ1) is 10.5. The zero-order valence-corrected chi connectivity index (χ0v) is 14.0. The molecule has 0 radical (unpaired) electrons. The summed E-state index contributed by atoms with van der Waals surface area (Å²) in [6, 6.07) is 0.141. The van der Waals surface area contributed by atoms with Gasteiger partial charge in [0, 0.05) is 38.1 Å². The molecule has 1 aromatic heterocycles. The van der Waals surface area contributed by atoms with E-state index in [1.54, 1.807) is 10.9 Å². The molecule has 1 aliphatic heterocycles. The molecule has 1 aromatic rings. The molecule has 0 aliphatic carbocycles. The second kappa shape index (κ2) is 7.74. The highest BCUT2D eigenvalue weighted by molar-refractivity contribution is 5.82. The van der Waals surface area contributed by atoms with Gasteiger partial charge in [0.2, 0.25) is 5.91 Å². The third-order valence-corrected chi connectivity index (χ3v) is 4.17. The van der Waals surface area contributed by atoms with Crippen molar-refractivity contribution in [3.63, 3.8) is 0 Å². The highest BCUT2D eigenvalue weighted by Crippen LogP contribution is 2.14. The molecule has 0 aromatic carbocycles. The number of carbonyl (C=O) groups excluding carboxylic acids is 1. The van der Waals surface area contributed by atoms with Crippen molar-refractivity contribution in [2.75, 3.05) is 13.2 Å². The molecule has 2 rings (SSSR count). The van der Waals surface area contributed by atoms with E-state index in [-0.39, 0.29) is 23.9 Å². The lowest BCUT2D eigenvalue weighted by molar-refractivity contribution is -0.125. The first-order valence-electron chi connectivity index (χ1n) is 8.10. The monoisotopic (exact) mass is 308 g/mol. The summed E-state index contributed by atoms with van der Waals surface area (Å²) in [7, 11) is 1.88. The van der Waals surface area contributed by atoms with Crippen molar-refractivity contribution in [1.82, 2.24) is 20.4 Å². The topological polar surface area (TPSA) is 68.2 Å².